The number of para-hydroxylation sites is 4. The fourth-order valence-electron chi connectivity index (χ4n) is 3.14. The zero-order valence-electron chi connectivity index (χ0n) is 13.7. The molecular weight excluding hydrogens is 346 g/mol. The largest absolute Gasteiger partial charge is 0.439 e. The Morgan fingerprint density at radius 1 is 0.846 bits per heavy atom. The van der Waals surface area contributed by atoms with Crippen LogP contribution in [-0.4, -0.2) is 9.55 Å². The van der Waals surface area contributed by atoms with Gasteiger partial charge in [-0.05, 0) is 36.4 Å². The zero-order valence-corrected chi connectivity index (χ0v) is 14.4. The Morgan fingerprint density at radius 2 is 1.58 bits per heavy atom. The van der Waals surface area contributed by atoms with Gasteiger partial charge in [-0.25, -0.2) is 4.98 Å². The highest BCUT2D eigenvalue weighted by molar-refractivity contribution is 6.38. The highest BCUT2D eigenvalue weighted by Crippen LogP contribution is 2.37. The fraction of sp³-hybridized carbons (Fsp3) is 0. The van der Waals surface area contributed by atoms with Gasteiger partial charge in [-0.1, -0.05) is 54.1 Å². The quantitative estimate of drug-likeness (QED) is 0.419. The molecule has 0 aliphatic rings. The van der Waals surface area contributed by atoms with E-state index in [2.05, 4.69) is 9.88 Å². The molecule has 0 bridgehead atoms. The topological polar surface area (TPSA) is 43.0 Å². The molecule has 5 rings (SSSR count). The summed E-state index contributed by atoms with van der Waals surface area (Å²) in [5.74, 6) is 1.14. The van der Waals surface area contributed by atoms with Crippen LogP contribution in [0.25, 0.3) is 27.7 Å². The van der Waals surface area contributed by atoms with Crippen LogP contribution < -0.4 is 5.32 Å². The Kier molecular flexibility index (Phi) is 3.43. The van der Waals surface area contributed by atoms with Crippen LogP contribution in [-0.2, 0) is 0 Å². The van der Waals surface area contributed by atoms with Gasteiger partial charge in [-0.3, -0.25) is 9.88 Å². The van der Waals surface area contributed by atoms with Crippen LogP contribution in [0.4, 0.5) is 11.8 Å². The van der Waals surface area contributed by atoms with E-state index in [4.69, 9.17) is 21.0 Å². The first-order valence-corrected chi connectivity index (χ1v) is 8.66. The van der Waals surface area contributed by atoms with Crippen molar-refractivity contribution in [3.63, 3.8) is 0 Å². The van der Waals surface area contributed by atoms with Gasteiger partial charge in [-0.2, -0.15) is 0 Å². The lowest BCUT2D eigenvalue weighted by Gasteiger charge is -2.09. The molecular formula is C21H14ClN3O. The first-order chi connectivity index (χ1) is 12.8. The molecule has 5 heteroatoms. The maximum atomic E-state index is 6.51. The van der Waals surface area contributed by atoms with E-state index in [9.17, 15) is 0 Å². The molecule has 26 heavy (non-hydrogen) atoms. The van der Waals surface area contributed by atoms with Crippen molar-refractivity contribution in [1.82, 2.24) is 9.55 Å². The van der Waals surface area contributed by atoms with Crippen LogP contribution >= 0.6 is 11.6 Å². The lowest BCUT2D eigenvalue weighted by Crippen LogP contribution is -2.01. The number of benzene rings is 3. The molecule has 0 atom stereocenters. The SMILES string of the molecule is Clc1c(Nc2nc3ccccc3n2-c2ccccc2)oc2ccccc12. The number of rotatable bonds is 3. The molecule has 2 heterocycles. The zero-order chi connectivity index (χ0) is 17.5. The summed E-state index contributed by atoms with van der Waals surface area (Å²) in [5.41, 5.74) is 3.65. The summed E-state index contributed by atoms with van der Waals surface area (Å²) in [5, 5.41) is 4.69. The van der Waals surface area contributed by atoms with Gasteiger partial charge in [0.25, 0.3) is 0 Å². The number of nitrogens with zero attached hydrogens (tertiary/aromatic N) is 2. The number of hydrogen-bond donors (Lipinski definition) is 1. The summed E-state index contributed by atoms with van der Waals surface area (Å²) >= 11 is 6.51. The van der Waals surface area contributed by atoms with E-state index >= 15 is 0 Å². The van der Waals surface area contributed by atoms with E-state index in [0.717, 1.165) is 27.7 Å². The number of halogens is 1. The van der Waals surface area contributed by atoms with E-state index in [1.54, 1.807) is 0 Å². The minimum absolute atomic E-state index is 0.486. The summed E-state index contributed by atoms with van der Waals surface area (Å²) in [6.45, 7) is 0. The van der Waals surface area contributed by atoms with Gasteiger partial charge < -0.3 is 4.42 Å². The number of anilines is 2. The highest BCUT2D eigenvalue weighted by atomic mass is 35.5. The fourth-order valence-corrected chi connectivity index (χ4v) is 3.39. The molecule has 5 aromatic rings. The van der Waals surface area contributed by atoms with E-state index < -0.39 is 0 Å². The summed E-state index contributed by atoms with van der Waals surface area (Å²) in [4.78, 5) is 4.73. The minimum atomic E-state index is 0.486. The third-order valence-corrected chi connectivity index (χ3v) is 4.71. The number of nitrogens with one attached hydrogen (secondary N) is 1. The van der Waals surface area contributed by atoms with Gasteiger partial charge in [0.15, 0.2) is 0 Å². The molecule has 0 saturated heterocycles. The number of furan rings is 1. The second-order valence-electron chi connectivity index (χ2n) is 5.96. The molecule has 0 aliphatic heterocycles. The summed E-state index contributed by atoms with van der Waals surface area (Å²) < 4.78 is 7.95. The Hall–Kier alpha value is -3.24. The van der Waals surface area contributed by atoms with Gasteiger partial charge in [-0.15, -0.1) is 0 Å². The van der Waals surface area contributed by atoms with E-state index in [-0.39, 0.29) is 0 Å². The molecule has 0 amide bonds. The van der Waals surface area contributed by atoms with Crippen molar-refractivity contribution >= 4 is 45.4 Å². The van der Waals surface area contributed by atoms with Crippen LogP contribution in [0.3, 0.4) is 0 Å². The molecule has 3 aromatic carbocycles. The number of aromatic nitrogens is 2. The van der Waals surface area contributed by atoms with Gasteiger partial charge >= 0.3 is 0 Å². The predicted octanol–water partition coefficient (Wildman–Crippen LogP) is 6.17. The molecule has 0 saturated carbocycles. The highest BCUT2D eigenvalue weighted by Gasteiger charge is 2.17. The maximum absolute atomic E-state index is 6.51. The Labute approximate surface area is 154 Å². The van der Waals surface area contributed by atoms with Crippen molar-refractivity contribution in [2.45, 2.75) is 0 Å². The minimum Gasteiger partial charge on any atom is -0.439 e. The van der Waals surface area contributed by atoms with E-state index in [1.165, 1.54) is 0 Å². The Bertz CT molecular complexity index is 1220. The predicted molar refractivity (Wildman–Crippen MR) is 106 cm³/mol. The van der Waals surface area contributed by atoms with Gasteiger partial charge in [0.1, 0.15) is 10.6 Å². The molecule has 0 unspecified atom stereocenters. The monoisotopic (exact) mass is 359 g/mol. The summed E-state index contributed by atoms with van der Waals surface area (Å²) in [7, 11) is 0. The third kappa shape index (κ3) is 2.35. The third-order valence-electron chi connectivity index (χ3n) is 4.34. The molecule has 0 radical (unpaired) electrons. The molecule has 4 nitrogen and oxygen atoms in total. The molecule has 126 valence electrons. The Morgan fingerprint density at radius 3 is 2.42 bits per heavy atom. The number of imidazole rings is 1. The van der Waals surface area contributed by atoms with Crippen LogP contribution in [0.2, 0.25) is 5.02 Å². The first kappa shape index (κ1) is 15.0. The van der Waals surface area contributed by atoms with Crippen LogP contribution in [0, 0.1) is 0 Å². The molecule has 0 fully saturated rings. The van der Waals surface area contributed by atoms with Crippen LogP contribution in [0.1, 0.15) is 0 Å². The lowest BCUT2D eigenvalue weighted by molar-refractivity contribution is 0.633. The number of fused-ring (bicyclic) bond motifs is 2. The maximum Gasteiger partial charge on any atom is 0.219 e. The second-order valence-corrected chi connectivity index (χ2v) is 6.34. The molecule has 0 aliphatic carbocycles. The van der Waals surface area contributed by atoms with Crippen molar-refractivity contribution in [1.29, 1.82) is 0 Å². The van der Waals surface area contributed by atoms with Crippen molar-refractivity contribution < 1.29 is 4.42 Å². The normalized spacial score (nSPS) is 11.3. The van der Waals surface area contributed by atoms with E-state index in [1.807, 2.05) is 78.9 Å². The molecule has 2 aromatic heterocycles. The molecule has 1 N–H and O–H groups in total. The van der Waals surface area contributed by atoms with Crippen molar-refractivity contribution in [3.05, 3.63) is 83.9 Å². The smallest absolute Gasteiger partial charge is 0.219 e. The Balaban J connectivity index is 1.70. The van der Waals surface area contributed by atoms with Gasteiger partial charge in [0.05, 0.1) is 11.0 Å². The second kappa shape index (κ2) is 5.93. The van der Waals surface area contributed by atoms with Crippen molar-refractivity contribution in [3.8, 4) is 5.69 Å². The van der Waals surface area contributed by atoms with E-state index in [0.29, 0.717) is 16.9 Å². The van der Waals surface area contributed by atoms with Gasteiger partial charge in [0.2, 0.25) is 11.8 Å². The average Bonchev–Trinajstić information content (AvgIpc) is 3.20. The van der Waals surface area contributed by atoms with Crippen LogP contribution in [0.5, 0.6) is 0 Å². The lowest BCUT2D eigenvalue weighted by atomic mass is 10.2. The summed E-state index contributed by atoms with van der Waals surface area (Å²) in [6.07, 6.45) is 0. The first-order valence-electron chi connectivity index (χ1n) is 8.28. The average molecular weight is 360 g/mol. The summed E-state index contributed by atoms with van der Waals surface area (Å²) in [6, 6.07) is 25.8. The number of hydrogen-bond acceptors (Lipinski definition) is 3. The van der Waals surface area contributed by atoms with Crippen molar-refractivity contribution in [2.24, 2.45) is 0 Å². The molecule has 0 spiro atoms. The standard InChI is InChI=1S/C21H14ClN3O/c22-19-15-10-4-7-13-18(15)26-20(19)24-21-23-16-11-5-6-12-17(16)25(21)14-8-2-1-3-9-14/h1-13H,(H,23,24). The van der Waals surface area contributed by atoms with Crippen LogP contribution in [0.15, 0.2) is 83.3 Å². The van der Waals surface area contributed by atoms with Gasteiger partial charge in [0, 0.05) is 11.1 Å². The van der Waals surface area contributed by atoms with Crippen molar-refractivity contribution in [2.75, 3.05) is 5.32 Å².